The van der Waals surface area contributed by atoms with Gasteiger partial charge in [0.05, 0.1) is 0 Å². The van der Waals surface area contributed by atoms with Crippen molar-refractivity contribution >= 4 is 43.1 Å². The second-order valence-electron chi connectivity index (χ2n) is 6.07. The van der Waals surface area contributed by atoms with E-state index in [0.29, 0.717) is 12.5 Å². The number of rotatable bonds is 5. The molecule has 134 valence electrons. The molecule has 2 aliphatic rings. The molecule has 0 spiro atoms. The molecule has 0 aromatic heterocycles. The lowest BCUT2D eigenvalue weighted by Crippen LogP contribution is -2.50. The first-order valence-corrected chi connectivity index (χ1v) is 7.57. The highest BCUT2D eigenvalue weighted by Crippen LogP contribution is 2.08. The van der Waals surface area contributed by atoms with E-state index in [4.69, 9.17) is 0 Å². The fourth-order valence-corrected chi connectivity index (χ4v) is 2.95. The van der Waals surface area contributed by atoms with Gasteiger partial charge in [-0.25, -0.2) is 0 Å². The summed E-state index contributed by atoms with van der Waals surface area (Å²) in [5, 5.41) is 6.50. The van der Waals surface area contributed by atoms with Crippen molar-refractivity contribution in [3.63, 3.8) is 0 Å². The summed E-state index contributed by atoms with van der Waals surface area (Å²) in [7, 11) is 2.16. The maximum Gasteiger partial charge on any atom is 0.221 e. The molecule has 1 amide bonds. The molecule has 5 nitrogen and oxygen atoms in total. The van der Waals surface area contributed by atoms with Crippen LogP contribution in [0, 0.1) is 0 Å². The van der Waals surface area contributed by atoms with Gasteiger partial charge in [0.1, 0.15) is 0 Å². The van der Waals surface area contributed by atoms with Crippen LogP contribution in [0.2, 0.25) is 0 Å². The highest BCUT2D eigenvalue weighted by Gasteiger charge is 2.20. The van der Waals surface area contributed by atoms with Crippen molar-refractivity contribution in [2.75, 3.05) is 46.3 Å². The molecule has 2 rings (SSSR count). The minimum atomic E-state index is 0. The second kappa shape index (κ2) is 12.6. The molecule has 8 heteroatoms. The highest BCUT2D eigenvalue weighted by molar-refractivity contribution is 5.86. The number of amides is 1. The summed E-state index contributed by atoms with van der Waals surface area (Å²) < 4.78 is 0. The number of likely N-dealkylation sites (N-methyl/N-ethyl adjacent to an activating group) is 1. The van der Waals surface area contributed by atoms with Crippen molar-refractivity contribution in [1.29, 1.82) is 0 Å². The van der Waals surface area contributed by atoms with Crippen LogP contribution in [0.15, 0.2) is 0 Å². The zero-order valence-electron chi connectivity index (χ0n) is 13.5. The van der Waals surface area contributed by atoms with Crippen LogP contribution in [-0.4, -0.2) is 74.1 Å². The average Bonchev–Trinajstić information content (AvgIpc) is 2.84. The topological polar surface area (TPSA) is 47.6 Å². The predicted molar refractivity (Wildman–Crippen MR) is 98.9 cm³/mol. The average molecular weight is 378 g/mol. The lowest BCUT2D eigenvalue weighted by Gasteiger charge is -2.34. The molecule has 2 fully saturated rings. The first-order valence-electron chi connectivity index (χ1n) is 7.57. The molecule has 0 aliphatic carbocycles. The SMILES string of the molecule is CC(CN1CCN(C)CC1)NC(=O)CC1CCCN1.Cl.Cl.Cl. The Morgan fingerprint density at radius 2 is 1.86 bits per heavy atom. The maximum atomic E-state index is 11.9. The standard InChI is InChI=1S/C14H28N4O.3ClH/c1-12(11-18-8-6-17(2)7-9-18)16-14(19)10-13-4-3-5-15-13;;;/h12-13,15H,3-11H2,1-2H3,(H,16,19);3*1H. The van der Waals surface area contributed by atoms with Gasteiger partial charge in [0.25, 0.3) is 0 Å². The van der Waals surface area contributed by atoms with Gasteiger partial charge in [-0.05, 0) is 33.4 Å². The minimum absolute atomic E-state index is 0. The number of hydrogen-bond acceptors (Lipinski definition) is 4. The largest absolute Gasteiger partial charge is 0.352 e. The van der Waals surface area contributed by atoms with Crippen LogP contribution in [0.5, 0.6) is 0 Å². The van der Waals surface area contributed by atoms with Gasteiger partial charge in [-0.15, -0.1) is 37.2 Å². The van der Waals surface area contributed by atoms with Crippen molar-refractivity contribution in [2.45, 2.75) is 38.3 Å². The van der Waals surface area contributed by atoms with E-state index < -0.39 is 0 Å². The monoisotopic (exact) mass is 376 g/mol. The summed E-state index contributed by atoms with van der Waals surface area (Å²) >= 11 is 0. The van der Waals surface area contributed by atoms with Crippen LogP contribution in [0.3, 0.4) is 0 Å². The van der Waals surface area contributed by atoms with Gasteiger partial charge in [0.15, 0.2) is 0 Å². The Kier molecular flexibility index (Phi) is 14.0. The Hall–Kier alpha value is 0.220. The van der Waals surface area contributed by atoms with Crippen LogP contribution in [0.25, 0.3) is 0 Å². The first-order chi connectivity index (χ1) is 9.13. The number of halogens is 3. The molecule has 2 saturated heterocycles. The lowest BCUT2D eigenvalue weighted by molar-refractivity contribution is -0.122. The van der Waals surface area contributed by atoms with E-state index in [2.05, 4.69) is 34.4 Å². The summed E-state index contributed by atoms with van der Waals surface area (Å²) in [5.41, 5.74) is 0. The van der Waals surface area contributed by atoms with Crippen LogP contribution in [0.4, 0.5) is 0 Å². The third kappa shape index (κ3) is 8.75. The fourth-order valence-electron chi connectivity index (χ4n) is 2.95. The zero-order chi connectivity index (χ0) is 13.7. The minimum Gasteiger partial charge on any atom is -0.352 e. The van der Waals surface area contributed by atoms with E-state index in [1.807, 2.05) is 0 Å². The first kappa shape index (κ1) is 24.5. The maximum absolute atomic E-state index is 11.9. The zero-order valence-corrected chi connectivity index (χ0v) is 16.0. The number of nitrogens with zero attached hydrogens (tertiary/aromatic N) is 2. The van der Waals surface area contributed by atoms with Gasteiger partial charge in [-0.2, -0.15) is 0 Å². The van der Waals surface area contributed by atoms with Crippen LogP contribution < -0.4 is 10.6 Å². The summed E-state index contributed by atoms with van der Waals surface area (Å²) in [6.45, 7) is 8.63. The Bertz CT molecular complexity index is 296. The third-order valence-electron chi connectivity index (χ3n) is 4.13. The smallest absolute Gasteiger partial charge is 0.221 e. The van der Waals surface area contributed by atoms with Crippen LogP contribution in [0.1, 0.15) is 26.2 Å². The van der Waals surface area contributed by atoms with E-state index >= 15 is 0 Å². The molecule has 22 heavy (non-hydrogen) atoms. The molecule has 0 radical (unpaired) electrons. The van der Waals surface area contributed by atoms with Gasteiger partial charge in [0.2, 0.25) is 5.91 Å². The molecule has 2 N–H and O–H groups in total. The van der Waals surface area contributed by atoms with E-state index in [1.165, 1.54) is 6.42 Å². The van der Waals surface area contributed by atoms with Crippen molar-refractivity contribution in [1.82, 2.24) is 20.4 Å². The summed E-state index contributed by atoms with van der Waals surface area (Å²) in [6, 6.07) is 0.646. The Morgan fingerprint density at radius 3 is 2.41 bits per heavy atom. The fraction of sp³-hybridized carbons (Fsp3) is 0.929. The molecule has 2 atom stereocenters. The predicted octanol–water partition coefficient (Wildman–Crippen LogP) is 1.15. The number of carbonyl (C=O) groups is 1. The van der Waals surface area contributed by atoms with Gasteiger partial charge in [-0.1, -0.05) is 0 Å². The molecular weight excluding hydrogens is 347 g/mol. The second-order valence-corrected chi connectivity index (χ2v) is 6.07. The summed E-state index contributed by atoms with van der Waals surface area (Å²) in [6.07, 6.45) is 2.97. The van der Waals surface area contributed by atoms with Crippen LogP contribution >= 0.6 is 37.2 Å². The quantitative estimate of drug-likeness (QED) is 0.754. The molecule has 0 aromatic carbocycles. The normalized spacial score (nSPS) is 23.6. The summed E-state index contributed by atoms with van der Waals surface area (Å²) in [4.78, 5) is 16.7. The molecule has 0 saturated carbocycles. The van der Waals surface area contributed by atoms with Crippen molar-refractivity contribution in [2.24, 2.45) is 0 Å². The van der Waals surface area contributed by atoms with Gasteiger partial charge in [0, 0.05) is 51.2 Å². The Morgan fingerprint density at radius 1 is 1.23 bits per heavy atom. The van der Waals surface area contributed by atoms with E-state index in [1.54, 1.807) is 0 Å². The van der Waals surface area contributed by atoms with E-state index in [0.717, 1.165) is 45.7 Å². The van der Waals surface area contributed by atoms with Gasteiger partial charge < -0.3 is 15.5 Å². The Balaban J connectivity index is 0. The van der Waals surface area contributed by atoms with E-state index in [9.17, 15) is 4.79 Å². The molecular formula is C14H31Cl3N4O. The van der Waals surface area contributed by atoms with Crippen molar-refractivity contribution in [3.05, 3.63) is 0 Å². The number of piperazine rings is 1. The molecule has 0 bridgehead atoms. The van der Waals surface area contributed by atoms with E-state index in [-0.39, 0.29) is 49.2 Å². The third-order valence-corrected chi connectivity index (χ3v) is 4.13. The number of hydrogen-bond donors (Lipinski definition) is 2. The van der Waals surface area contributed by atoms with Gasteiger partial charge in [-0.3, -0.25) is 9.69 Å². The molecule has 2 aliphatic heterocycles. The highest BCUT2D eigenvalue weighted by atomic mass is 35.5. The molecule has 2 heterocycles. The molecule has 2 unspecified atom stereocenters. The Labute approximate surface area is 153 Å². The molecule has 0 aromatic rings. The number of carbonyl (C=O) groups excluding carboxylic acids is 1. The van der Waals surface area contributed by atoms with Crippen molar-refractivity contribution < 1.29 is 4.79 Å². The lowest BCUT2D eigenvalue weighted by atomic mass is 10.1. The van der Waals surface area contributed by atoms with Gasteiger partial charge >= 0.3 is 0 Å². The van der Waals surface area contributed by atoms with Crippen LogP contribution in [-0.2, 0) is 4.79 Å². The summed E-state index contributed by atoms with van der Waals surface area (Å²) in [5.74, 6) is 0.195. The number of nitrogens with one attached hydrogen (secondary N) is 2. The van der Waals surface area contributed by atoms with Crippen molar-refractivity contribution in [3.8, 4) is 0 Å².